The number of hydrogen-bond donors (Lipinski definition) is 0. The van der Waals surface area contributed by atoms with Crippen molar-refractivity contribution in [1.29, 1.82) is 0 Å². The zero-order valence-electron chi connectivity index (χ0n) is 12.6. The van der Waals surface area contributed by atoms with Crippen molar-refractivity contribution in [3.05, 3.63) is 75.9 Å². The van der Waals surface area contributed by atoms with Gasteiger partial charge >= 0.3 is 11.7 Å². The third-order valence-corrected chi connectivity index (χ3v) is 3.25. The molecule has 0 saturated carbocycles. The van der Waals surface area contributed by atoms with Crippen molar-refractivity contribution in [3.63, 3.8) is 0 Å². The van der Waals surface area contributed by atoms with Gasteiger partial charge in [0.05, 0.1) is 16.2 Å². The largest absolute Gasteiger partial charge is 0.454 e. The highest BCUT2D eigenvalue weighted by atomic mass is 19.1. The first-order chi connectivity index (χ1) is 12.1. The van der Waals surface area contributed by atoms with Gasteiger partial charge in [-0.2, -0.15) is 9.07 Å². The Morgan fingerprint density at radius 1 is 1.24 bits per heavy atom. The van der Waals surface area contributed by atoms with Gasteiger partial charge in [0.25, 0.3) is 0 Å². The molecule has 10 heteroatoms. The summed E-state index contributed by atoms with van der Waals surface area (Å²) in [5, 5.41) is 21.7. The van der Waals surface area contributed by atoms with E-state index in [0.29, 0.717) is 5.69 Å². The summed E-state index contributed by atoms with van der Waals surface area (Å²) in [5.41, 5.74) is -0.189. The molecule has 1 heterocycles. The fraction of sp³-hybridized carbons (Fsp3) is 0.0667. The van der Waals surface area contributed by atoms with Crippen molar-refractivity contribution in [2.24, 2.45) is 0 Å². The summed E-state index contributed by atoms with van der Waals surface area (Å²) in [4.78, 5) is 21.7. The van der Waals surface area contributed by atoms with Gasteiger partial charge in [-0.05, 0) is 34.7 Å². The maximum absolute atomic E-state index is 13.6. The van der Waals surface area contributed by atoms with Crippen LogP contribution in [-0.2, 0) is 11.3 Å². The number of carbonyl (C=O) groups excluding carboxylic acids is 1. The summed E-state index contributed by atoms with van der Waals surface area (Å²) in [7, 11) is 0. The standard InChI is InChI=1S/C15H10FN5O4/c16-12-8-10(6-7-13(12)21(23)24)15(22)25-9-14-17-18-19-20(14)11-4-2-1-3-5-11/h1-8H,9H2. The van der Waals surface area contributed by atoms with E-state index >= 15 is 0 Å². The quantitative estimate of drug-likeness (QED) is 0.396. The van der Waals surface area contributed by atoms with Crippen molar-refractivity contribution in [1.82, 2.24) is 20.2 Å². The van der Waals surface area contributed by atoms with Crippen molar-refractivity contribution >= 4 is 11.7 Å². The molecule has 0 N–H and O–H groups in total. The van der Waals surface area contributed by atoms with Gasteiger partial charge < -0.3 is 4.74 Å². The van der Waals surface area contributed by atoms with Crippen LogP contribution < -0.4 is 0 Å². The number of nitro benzene ring substituents is 1. The smallest absolute Gasteiger partial charge is 0.338 e. The predicted molar refractivity (Wildman–Crippen MR) is 81.3 cm³/mol. The Kier molecular flexibility index (Phi) is 4.42. The highest BCUT2D eigenvalue weighted by Crippen LogP contribution is 2.19. The molecular weight excluding hydrogens is 333 g/mol. The lowest BCUT2D eigenvalue weighted by Crippen LogP contribution is -2.10. The minimum Gasteiger partial charge on any atom is -0.454 e. The number of rotatable bonds is 5. The molecule has 126 valence electrons. The lowest BCUT2D eigenvalue weighted by atomic mass is 10.2. The lowest BCUT2D eigenvalue weighted by Gasteiger charge is -2.06. The molecule has 0 atom stereocenters. The third-order valence-electron chi connectivity index (χ3n) is 3.25. The van der Waals surface area contributed by atoms with Crippen LogP contribution in [0.1, 0.15) is 16.2 Å². The van der Waals surface area contributed by atoms with E-state index in [9.17, 15) is 19.3 Å². The molecule has 0 aliphatic heterocycles. The number of halogens is 1. The van der Waals surface area contributed by atoms with E-state index in [4.69, 9.17) is 4.74 Å². The second-order valence-electron chi connectivity index (χ2n) is 4.84. The van der Waals surface area contributed by atoms with Crippen molar-refractivity contribution in [2.75, 3.05) is 0 Å². The minimum absolute atomic E-state index is 0.151. The molecule has 0 fully saturated rings. The van der Waals surface area contributed by atoms with Gasteiger partial charge in [0.2, 0.25) is 5.82 Å². The molecule has 0 aliphatic rings. The number of esters is 1. The molecular formula is C15H10FN5O4. The Morgan fingerprint density at radius 3 is 2.68 bits per heavy atom. The van der Waals surface area contributed by atoms with Crippen LogP contribution >= 0.6 is 0 Å². The normalized spacial score (nSPS) is 10.4. The molecule has 3 aromatic rings. The summed E-state index contributed by atoms with van der Waals surface area (Å²) < 4.78 is 20.0. The zero-order chi connectivity index (χ0) is 17.8. The first kappa shape index (κ1) is 16.2. The fourth-order valence-corrected chi connectivity index (χ4v) is 2.06. The number of carbonyl (C=O) groups is 1. The molecule has 0 spiro atoms. The van der Waals surface area contributed by atoms with Gasteiger partial charge in [0.15, 0.2) is 12.4 Å². The number of ether oxygens (including phenoxy) is 1. The number of para-hydroxylation sites is 1. The van der Waals surface area contributed by atoms with Gasteiger partial charge in [0.1, 0.15) is 0 Å². The van der Waals surface area contributed by atoms with Crippen molar-refractivity contribution in [3.8, 4) is 5.69 Å². The van der Waals surface area contributed by atoms with Crippen LogP contribution in [0.25, 0.3) is 5.69 Å². The van der Waals surface area contributed by atoms with E-state index < -0.39 is 22.4 Å². The van der Waals surface area contributed by atoms with Crippen LogP contribution in [0.3, 0.4) is 0 Å². The summed E-state index contributed by atoms with van der Waals surface area (Å²) in [6.45, 7) is -0.251. The Bertz CT molecular complexity index is 929. The maximum atomic E-state index is 13.6. The monoisotopic (exact) mass is 343 g/mol. The Hall–Kier alpha value is -3.69. The Balaban J connectivity index is 1.73. The van der Waals surface area contributed by atoms with Crippen LogP contribution in [-0.4, -0.2) is 31.1 Å². The second-order valence-corrected chi connectivity index (χ2v) is 4.84. The molecule has 2 aromatic carbocycles. The predicted octanol–water partition coefficient (Wildman–Crippen LogP) is 2.07. The molecule has 0 unspecified atom stereocenters. The Morgan fingerprint density at radius 2 is 2.00 bits per heavy atom. The topological polar surface area (TPSA) is 113 Å². The minimum atomic E-state index is -1.12. The first-order valence-electron chi connectivity index (χ1n) is 7.00. The Labute approximate surface area is 139 Å². The van der Waals surface area contributed by atoms with Crippen LogP contribution in [0.4, 0.5) is 10.1 Å². The van der Waals surface area contributed by atoms with Crippen LogP contribution in [0.2, 0.25) is 0 Å². The number of nitro groups is 1. The van der Waals surface area contributed by atoms with E-state index in [2.05, 4.69) is 15.5 Å². The van der Waals surface area contributed by atoms with Crippen molar-refractivity contribution < 1.29 is 18.8 Å². The summed E-state index contributed by atoms with van der Waals surface area (Å²) >= 11 is 0. The molecule has 9 nitrogen and oxygen atoms in total. The van der Waals surface area contributed by atoms with E-state index in [1.165, 1.54) is 4.68 Å². The van der Waals surface area contributed by atoms with E-state index in [0.717, 1.165) is 18.2 Å². The van der Waals surface area contributed by atoms with E-state index in [1.807, 2.05) is 6.07 Å². The summed E-state index contributed by atoms with van der Waals surface area (Å²) in [6, 6.07) is 11.7. The molecule has 0 amide bonds. The van der Waals surface area contributed by atoms with Crippen LogP contribution in [0.5, 0.6) is 0 Å². The molecule has 1 aromatic heterocycles. The van der Waals surface area contributed by atoms with Gasteiger partial charge in [0, 0.05) is 6.07 Å². The number of nitrogens with zero attached hydrogens (tertiary/aromatic N) is 5. The average Bonchev–Trinajstić information content (AvgIpc) is 3.08. The second kappa shape index (κ2) is 6.83. The van der Waals surface area contributed by atoms with Gasteiger partial charge in [-0.25, -0.2) is 4.79 Å². The molecule has 0 saturated heterocycles. The van der Waals surface area contributed by atoms with Gasteiger partial charge in [-0.3, -0.25) is 10.1 Å². The average molecular weight is 343 g/mol. The molecule has 3 rings (SSSR count). The maximum Gasteiger partial charge on any atom is 0.338 e. The van der Waals surface area contributed by atoms with E-state index in [-0.39, 0.29) is 18.0 Å². The molecule has 0 aliphatic carbocycles. The highest BCUT2D eigenvalue weighted by molar-refractivity contribution is 5.89. The molecule has 0 radical (unpaired) electrons. The van der Waals surface area contributed by atoms with Gasteiger partial charge in [-0.1, -0.05) is 18.2 Å². The highest BCUT2D eigenvalue weighted by Gasteiger charge is 2.18. The van der Waals surface area contributed by atoms with Crippen LogP contribution in [0.15, 0.2) is 48.5 Å². The van der Waals surface area contributed by atoms with Crippen molar-refractivity contribution in [2.45, 2.75) is 6.61 Å². The SMILES string of the molecule is O=C(OCc1nnnn1-c1ccccc1)c1ccc([N+](=O)[O-])c(F)c1. The van der Waals surface area contributed by atoms with Crippen LogP contribution in [0, 0.1) is 15.9 Å². The summed E-state index contributed by atoms with van der Waals surface area (Å²) in [5.74, 6) is -1.70. The zero-order valence-corrected chi connectivity index (χ0v) is 12.6. The first-order valence-corrected chi connectivity index (χ1v) is 7.00. The number of hydrogen-bond acceptors (Lipinski definition) is 7. The number of benzene rings is 2. The third kappa shape index (κ3) is 3.47. The number of tetrazole rings is 1. The van der Waals surface area contributed by atoms with Gasteiger partial charge in [-0.15, -0.1) is 5.10 Å². The number of aromatic nitrogens is 4. The molecule has 25 heavy (non-hydrogen) atoms. The lowest BCUT2D eigenvalue weighted by molar-refractivity contribution is -0.387. The molecule has 0 bridgehead atoms. The fourth-order valence-electron chi connectivity index (χ4n) is 2.06. The van der Waals surface area contributed by atoms with E-state index in [1.54, 1.807) is 24.3 Å². The summed E-state index contributed by atoms with van der Waals surface area (Å²) in [6.07, 6.45) is 0.